The molecule has 1 amide bonds. The highest BCUT2D eigenvalue weighted by Crippen LogP contribution is 2.23. The van der Waals surface area contributed by atoms with Gasteiger partial charge in [0.25, 0.3) is 5.69 Å². The Morgan fingerprint density at radius 2 is 1.93 bits per heavy atom. The number of unbranched alkanes of at least 4 members (excludes halogenated alkanes) is 2. The number of carbonyl (C=O) groups excluding carboxylic acids is 2. The summed E-state index contributed by atoms with van der Waals surface area (Å²) in [6.45, 7) is 2.18. The molecule has 0 aliphatic heterocycles. The quantitative estimate of drug-likeness (QED) is 0.184. The Morgan fingerprint density at radius 1 is 1.20 bits per heavy atom. The minimum Gasteiger partial charge on any atom is -0.494 e. The van der Waals surface area contributed by atoms with Crippen LogP contribution in [0.1, 0.15) is 49.4 Å². The molecule has 0 heterocycles. The molecule has 0 saturated heterocycles. The van der Waals surface area contributed by atoms with Crippen LogP contribution in [-0.4, -0.2) is 35.1 Å². The molecular weight excluding hydrogens is 388 g/mol. The molecule has 0 radical (unpaired) electrons. The highest BCUT2D eigenvalue weighted by molar-refractivity contribution is 5.93. The number of carbonyl (C=O) groups is 2. The summed E-state index contributed by atoms with van der Waals surface area (Å²) in [7, 11) is 0. The van der Waals surface area contributed by atoms with Crippen molar-refractivity contribution in [3.8, 4) is 5.75 Å². The van der Waals surface area contributed by atoms with E-state index in [1.54, 1.807) is 12.1 Å². The number of aliphatic hydroxyl groups excluding tert-OH is 1. The molecule has 0 aliphatic carbocycles. The van der Waals surface area contributed by atoms with Gasteiger partial charge >= 0.3 is 0 Å². The van der Waals surface area contributed by atoms with Crippen LogP contribution in [0.25, 0.3) is 0 Å². The molecule has 0 saturated carbocycles. The number of nitro groups is 1. The first-order valence-electron chi connectivity index (χ1n) is 9.89. The van der Waals surface area contributed by atoms with Crippen LogP contribution in [0.3, 0.4) is 0 Å². The molecule has 0 fully saturated rings. The van der Waals surface area contributed by atoms with Gasteiger partial charge in [0.1, 0.15) is 12.0 Å². The molecule has 0 aromatic heterocycles. The van der Waals surface area contributed by atoms with Crippen LogP contribution in [0.5, 0.6) is 5.75 Å². The number of anilines is 1. The molecule has 8 heteroatoms. The molecule has 8 nitrogen and oxygen atoms in total. The Morgan fingerprint density at radius 3 is 2.57 bits per heavy atom. The number of aliphatic hydroxyl groups is 1. The van der Waals surface area contributed by atoms with Crippen LogP contribution in [0.15, 0.2) is 48.5 Å². The van der Waals surface area contributed by atoms with Gasteiger partial charge in [0.05, 0.1) is 17.1 Å². The Hall–Kier alpha value is -3.26. The number of hydrogen-bond donors (Lipinski definition) is 1. The monoisotopic (exact) mass is 414 g/mol. The van der Waals surface area contributed by atoms with Crippen molar-refractivity contribution in [1.82, 2.24) is 0 Å². The molecule has 0 spiro atoms. The van der Waals surface area contributed by atoms with Crippen molar-refractivity contribution in [2.45, 2.75) is 45.3 Å². The minimum absolute atomic E-state index is 0.0291. The molecule has 2 rings (SSSR count). The first-order valence-corrected chi connectivity index (χ1v) is 9.89. The number of benzene rings is 2. The third-order valence-corrected chi connectivity index (χ3v) is 4.59. The lowest BCUT2D eigenvalue weighted by Gasteiger charge is -2.27. The smallest absolute Gasteiger partial charge is 0.280 e. The first kappa shape index (κ1) is 23.0. The van der Waals surface area contributed by atoms with Crippen molar-refractivity contribution in [1.29, 1.82) is 0 Å². The SMILES string of the molecule is CCC(O)N(C(=O)CCCCCOc1ccc([N+](=O)[O-])c(C=O)c1)c1ccccc1. The molecular formula is C22H26N2O6. The maximum Gasteiger partial charge on any atom is 0.280 e. The maximum atomic E-state index is 12.6. The van der Waals surface area contributed by atoms with Gasteiger partial charge in [-0.25, -0.2) is 0 Å². The van der Waals surface area contributed by atoms with E-state index in [9.17, 15) is 24.8 Å². The van der Waals surface area contributed by atoms with Crippen LogP contribution < -0.4 is 9.64 Å². The third kappa shape index (κ3) is 6.38. The largest absolute Gasteiger partial charge is 0.494 e. The average molecular weight is 414 g/mol. The van der Waals surface area contributed by atoms with Gasteiger partial charge in [-0.15, -0.1) is 0 Å². The van der Waals surface area contributed by atoms with Crippen LogP contribution in [0.4, 0.5) is 11.4 Å². The molecule has 1 atom stereocenters. The van der Waals surface area contributed by atoms with E-state index >= 15 is 0 Å². The topological polar surface area (TPSA) is 110 Å². The molecule has 0 aliphatic rings. The summed E-state index contributed by atoms with van der Waals surface area (Å²) in [4.78, 5) is 35.2. The zero-order valence-electron chi connectivity index (χ0n) is 16.9. The second-order valence-electron chi connectivity index (χ2n) is 6.74. The predicted octanol–water partition coefficient (Wildman–Crippen LogP) is 4.11. The number of nitro benzene ring substituents is 1. The second kappa shape index (κ2) is 11.7. The normalized spacial score (nSPS) is 11.5. The lowest BCUT2D eigenvalue weighted by molar-refractivity contribution is -0.385. The number of hydrogen-bond acceptors (Lipinski definition) is 6. The zero-order valence-corrected chi connectivity index (χ0v) is 16.9. The van der Waals surface area contributed by atoms with E-state index in [0.717, 1.165) is 6.42 Å². The maximum absolute atomic E-state index is 12.6. The van der Waals surface area contributed by atoms with E-state index < -0.39 is 11.2 Å². The summed E-state index contributed by atoms with van der Waals surface area (Å²) in [6, 6.07) is 13.1. The molecule has 1 unspecified atom stereocenters. The number of nitrogens with zero attached hydrogens (tertiary/aromatic N) is 2. The molecule has 160 valence electrons. The number of ether oxygens (including phenoxy) is 1. The Labute approximate surface area is 175 Å². The van der Waals surface area contributed by atoms with Crippen LogP contribution >= 0.6 is 0 Å². The zero-order chi connectivity index (χ0) is 21.9. The number of amides is 1. The molecule has 2 aromatic rings. The van der Waals surface area contributed by atoms with Crippen molar-refractivity contribution in [2.75, 3.05) is 11.5 Å². The Kier molecular flexibility index (Phi) is 8.96. The van der Waals surface area contributed by atoms with Crippen molar-refractivity contribution in [3.05, 3.63) is 64.2 Å². The number of aldehydes is 1. The lowest BCUT2D eigenvalue weighted by atomic mass is 10.1. The van der Waals surface area contributed by atoms with Gasteiger partial charge in [0.15, 0.2) is 6.29 Å². The van der Waals surface area contributed by atoms with Crippen molar-refractivity contribution in [2.24, 2.45) is 0 Å². The van der Waals surface area contributed by atoms with E-state index in [1.807, 2.05) is 25.1 Å². The van der Waals surface area contributed by atoms with E-state index in [4.69, 9.17) is 4.74 Å². The molecule has 0 bridgehead atoms. The Balaban J connectivity index is 1.78. The van der Waals surface area contributed by atoms with Gasteiger partial charge in [-0.2, -0.15) is 0 Å². The standard InChI is InChI=1S/C22H26N2O6/c1-2-21(26)23(18-9-5-3-6-10-18)22(27)11-7-4-8-14-30-19-12-13-20(24(28)29)17(15-19)16-25/h3,5-6,9-10,12-13,15-16,21,26H,2,4,7-8,11,14H2,1H3. The van der Waals surface area contributed by atoms with Gasteiger partial charge < -0.3 is 9.84 Å². The summed E-state index contributed by atoms with van der Waals surface area (Å²) in [6.07, 6.45) is 2.37. The molecule has 30 heavy (non-hydrogen) atoms. The highest BCUT2D eigenvalue weighted by Gasteiger charge is 2.21. The van der Waals surface area contributed by atoms with Crippen molar-refractivity contribution >= 4 is 23.6 Å². The number of rotatable bonds is 12. The highest BCUT2D eigenvalue weighted by atomic mass is 16.6. The van der Waals surface area contributed by atoms with E-state index in [2.05, 4.69) is 0 Å². The fourth-order valence-electron chi connectivity index (χ4n) is 3.00. The number of para-hydroxylation sites is 1. The molecule has 2 aromatic carbocycles. The van der Waals surface area contributed by atoms with Gasteiger partial charge in [-0.05, 0) is 49.9 Å². The Bertz CT molecular complexity index is 856. The van der Waals surface area contributed by atoms with Gasteiger partial charge in [0, 0.05) is 18.2 Å². The lowest BCUT2D eigenvalue weighted by Crippen LogP contribution is -2.40. The van der Waals surface area contributed by atoms with Crippen LogP contribution in [-0.2, 0) is 4.79 Å². The average Bonchev–Trinajstić information content (AvgIpc) is 2.76. The van der Waals surface area contributed by atoms with Crippen molar-refractivity contribution < 1.29 is 24.4 Å². The van der Waals surface area contributed by atoms with Crippen LogP contribution in [0, 0.1) is 10.1 Å². The summed E-state index contributed by atoms with van der Waals surface area (Å²) < 4.78 is 5.55. The summed E-state index contributed by atoms with van der Waals surface area (Å²) in [5.41, 5.74) is 0.385. The fourth-order valence-corrected chi connectivity index (χ4v) is 3.00. The van der Waals surface area contributed by atoms with Gasteiger partial charge in [-0.3, -0.25) is 24.6 Å². The second-order valence-corrected chi connectivity index (χ2v) is 6.74. The van der Waals surface area contributed by atoms with Crippen LogP contribution in [0.2, 0.25) is 0 Å². The van der Waals surface area contributed by atoms with E-state index in [-0.39, 0.29) is 17.2 Å². The summed E-state index contributed by atoms with van der Waals surface area (Å²) in [5.74, 6) is 0.252. The molecule has 1 N–H and O–H groups in total. The predicted molar refractivity (Wildman–Crippen MR) is 113 cm³/mol. The van der Waals surface area contributed by atoms with Crippen molar-refractivity contribution in [3.63, 3.8) is 0 Å². The fraction of sp³-hybridized carbons (Fsp3) is 0.364. The van der Waals surface area contributed by atoms with Gasteiger partial charge in [-0.1, -0.05) is 25.1 Å². The van der Waals surface area contributed by atoms with Gasteiger partial charge in [0.2, 0.25) is 5.91 Å². The first-order chi connectivity index (χ1) is 14.5. The minimum atomic E-state index is -0.864. The summed E-state index contributed by atoms with van der Waals surface area (Å²) >= 11 is 0. The summed E-state index contributed by atoms with van der Waals surface area (Å²) in [5, 5.41) is 21.1. The third-order valence-electron chi connectivity index (χ3n) is 4.59. The van der Waals surface area contributed by atoms with E-state index in [1.165, 1.54) is 23.1 Å². The van der Waals surface area contributed by atoms with E-state index in [0.29, 0.717) is 50.0 Å².